The van der Waals surface area contributed by atoms with E-state index in [1.165, 1.54) is 48.9 Å². The first kappa shape index (κ1) is 20.1. The Morgan fingerprint density at radius 1 is 1.11 bits per heavy atom. The van der Waals surface area contributed by atoms with E-state index >= 15 is 0 Å². The highest BCUT2D eigenvalue weighted by molar-refractivity contribution is 7.99. The van der Waals surface area contributed by atoms with E-state index in [4.69, 9.17) is 16.6 Å². The quantitative estimate of drug-likeness (QED) is 0.672. The SMILES string of the molecule is CN(c1ccc(CSC2CCCCC2)nc1)c1c(Cl)ccc2c1CCNCC2. The third-order valence-corrected chi connectivity index (χ3v) is 7.71. The average molecular weight is 416 g/mol. The summed E-state index contributed by atoms with van der Waals surface area (Å²) in [6, 6.07) is 8.60. The van der Waals surface area contributed by atoms with Crippen LogP contribution in [-0.4, -0.2) is 30.4 Å². The van der Waals surface area contributed by atoms with E-state index in [1.807, 2.05) is 12.3 Å². The average Bonchev–Trinajstić information content (AvgIpc) is 2.98. The van der Waals surface area contributed by atoms with E-state index in [0.29, 0.717) is 0 Å². The second kappa shape index (κ2) is 9.51. The van der Waals surface area contributed by atoms with Gasteiger partial charge < -0.3 is 10.2 Å². The van der Waals surface area contributed by atoms with Crippen molar-refractivity contribution in [3.63, 3.8) is 0 Å². The summed E-state index contributed by atoms with van der Waals surface area (Å²) >= 11 is 8.72. The predicted octanol–water partition coefficient (Wildman–Crippen LogP) is 5.76. The van der Waals surface area contributed by atoms with Crippen molar-refractivity contribution in [2.75, 3.05) is 25.0 Å². The fourth-order valence-corrected chi connectivity index (χ4v) is 5.90. The maximum atomic E-state index is 6.64. The van der Waals surface area contributed by atoms with Gasteiger partial charge in [-0.15, -0.1) is 0 Å². The first-order chi connectivity index (χ1) is 13.7. The summed E-state index contributed by atoms with van der Waals surface area (Å²) < 4.78 is 0. The van der Waals surface area contributed by atoms with E-state index in [9.17, 15) is 0 Å². The van der Waals surface area contributed by atoms with Crippen molar-refractivity contribution < 1.29 is 0 Å². The van der Waals surface area contributed by atoms with Gasteiger partial charge in [0.25, 0.3) is 0 Å². The standard InChI is InChI=1S/C23H30ClN3S/c1-27(23-21-12-14-25-13-11-17(21)7-10-22(23)24)19-9-8-18(26-15-19)16-28-20-5-3-2-4-6-20/h7-10,15,20,25H,2-6,11-14,16H2,1H3. The van der Waals surface area contributed by atoms with Crippen LogP contribution >= 0.6 is 23.4 Å². The number of nitrogens with one attached hydrogen (secondary N) is 1. The van der Waals surface area contributed by atoms with Gasteiger partial charge in [0.05, 0.1) is 28.3 Å². The zero-order chi connectivity index (χ0) is 19.3. The van der Waals surface area contributed by atoms with Gasteiger partial charge in [0.1, 0.15) is 0 Å². The summed E-state index contributed by atoms with van der Waals surface area (Å²) in [7, 11) is 2.10. The molecule has 1 fully saturated rings. The smallest absolute Gasteiger partial charge is 0.0646 e. The van der Waals surface area contributed by atoms with Crippen molar-refractivity contribution in [2.24, 2.45) is 0 Å². The highest BCUT2D eigenvalue weighted by Gasteiger charge is 2.19. The van der Waals surface area contributed by atoms with Crippen molar-refractivity contribution in [1.29, 1.82) is 0 Å². The van der Waals surface area contributed by atoms with Gasteiger partial charge >= 0.3 is 0 Å². The highest BCUT2D eigenvalue weighted by Crippen LogP contribution is 2.37. The van der Waals surface area contributed by atoms with E-state index in [2.05, 4.69) is 47.2 Å². The molecule has 0 saturated heterocycles. The minimum atomic E-state index is 0.820. The third kappa shape index (κ3) is 4.67. The fourth-order valence-electron chi connectivity index (χ4n) is 4.35. The number of anilines is 2. The Labute approximate surface area is 178 Å². The van der Waals surface area contributed by atoms with Crippen LogP contribution in [0.25, 0.3) is 0 Å². The molecule has 1 aromatic heterocycles. The molecule has 0 unspecified atom stereocenters. The summed E-state index contributed by atoms with van der Waals surface area (Å²) in [5.74, 6) is 1.02. The van der Waals surface area contributed by atoms with Crippen molar-refractivity contribution in [2.45, 2.75) is 55.9 Å². The zero-order valence-corrected chi connectivity index (χ0v) is 18.3. The van der Waals surface area contributed by atoms with E-state index < -0.39 is 0 Å². The molecule has 2 aromatic rings. The van der Waals surface area contributed by atoms with E-state index in [1.54, 1.807) is 0 Å². The van der Waals surface area contributed by atoms with Gasteiger partial charge in [0.15, 0.2) is 0 Å². The Bertz CT molecular complexity index is 787. The molecule has 4 rings (SSSR count). The summed E-state index contributed by atoms with van der Waals surface area (Å²) in [6.07, 6.45) is 11.0. The second-order valence-electron chi connectivity index (χ2n) is 7.92. The molecule has 0 bridgehead atoms. The largest absolute Gasteiger partial charge is 0.342 e. The molecule has 150 valence electrons. The maximum absolute atomic E-state index is 6.64. The summed E-state index contributed by atoms with van der Waals surface area (Å²) in [5.41, 5.74) is 6.18. The number of nitrogens with zero attached hydrogens (tertiary/aromatic N) is 2. The van der Waals surface area contributed by atoms with Crippen LogP contribution < -0.4 is 10.2 Å². The molecular formula is C23H30ClN3S. The molecule has 1 aliphatic heterocycles. The number of hydrogen-bond acceptors (Lipinski definition) is 4. The number of fused-ring (bicyclic) bond motifs is 1. The maximum Gasteiger partial charge on any atom is 0.0646 e. The molecule has 28 heavy (non-hydrogen) atoms. The first-order valence-electron chi connectivity index (χ1n) is 10.5. The fraction of sp³-hybridized carbons (Fsp3) is 0.522. The Balaban J connectivity index is 1.48. The molecule has 5 heteroatoms. The van der Waals surface area contributed by atoms with Crippen LogP contribution in [0, 0.1) is 0 Å². The summed E-state index contributed by atoms with van der Waals surface area (Å²) in [6.45, 7) is 2.04. The lowest BCUT2D eigenvalue weighted by atomic mass is 10.00. The number of aromatic nitrogens is 1. The van der Waals surface area contributed by atoms with Gasteiger partial charge in [-0.05, 0) is 68.1 Å². The van der Waals surface area contributed by atoms with Gasteiger partial charge in [-0.2, -0.15) is 11.8 Å². The normalized spacial score (nSPS) is 17.8. The Morgan fingerprint density at radius 3 is 2.71 bits per heavy atom. The van der Waals surface area contributed by atoms with Crippen molar-refractivity contribution in [1.82, 2.24) is 10.3 Å². The monoisotopic (exact) mass is 415 g/mol. The number of benzene rings is 1. The van der Waals surface area contributed by atoms with Crippen LogP contribution in [0.2, 0.25) is 5.02 Å². The molecule has 0 radical (unpaired) electrons. The van der Waals surface area contributed by atoms with Crippen molar-refractivity contribution in [3.8, 4) is 0 Å². The van der Waals surface area contributed by atoms with Crippen LogP contribution in [0.4, 0.5) is 11.4 Å². The minimum Gasteiger partial charge on any atom is -0.342 e. The predicted molar refractivity (Wildman–Crippen MR) is 122 cm³/mol. The Hall–Kier alpha value is -1.23. The highest BCUT2D eigenvalue weighted by atomic mass is 35.5. The van der Waals surface area contributed by atoms with Gasteiger partial charge in [-0.25, -0.2) is 0 Å². The molecule has 0 amide bonds. The molecule has 0 spiro atoms. The molecule has 2 aliphatic rings. The molecule has 1 aromatic carbocycles. The lowest BCUT2D eigenvalue weighted by Gasteiger charge is -2.25. The molecule has 1 N–H and O–H groups in total. The molecule has 1 saturated carbocycles. The first-order valence-corrected chi connectivity index (χ1v) is 12.0. The number of rotatable bonds is 5. The van der Waals surface area contributed by atoms with Crippen molar-refractivity contribution in [3.05, 3.63) is 52.3 Å². The van der Waals surface area contributed by atoms with E-state index in [0.717, 1.165) is 53.3 Å². The lowest BCUT2D eigenvalue weighted by molar-refractivity contribution is 0.516. The summed E-state index contributed by atoms with van der Waals surface area (Å²) in [5, 5.41) is 5.14. The Kier molecular flexibility index (Phi) is 6.81. The molecule has 3 nitrogen and oxygen atoms in total. The lowest BCUT2D eigenvalue weighted by Crippen LogP contribution is -2.17. The minimum absolute atomic E-state index is 0.820. The van der Waals surface area contributed by atoms with Crippen LogP contribution in [0.3, 0.4) is 0 Å². The zero-order valence-electron chi connectivity index (χ0n) is 16.7. The van der Waals surface area contributed by atoms with Crippen LogP contribution in [0.5, 0.6) is 0 Å². The van der Waals surface area contributed by atoms with E-state index in [-0.39, 0.29) is 0 Å². The Morgan fingerprint density at radius 2 is 1.93 bits per heavy atom. The molecule has 1 aliphatic carbocycles. The molecule has 2 heterocycles. The third-order valence-electron chi connectivity index (χ3n) is 6.00. The van der Waals surface area contributed by atoms with Gasteiger partial charge in [-0.3, -0.25) is 4.98 Å². The number of pyridine rings is 1. The molecule has 0 atom stereocenters. The molecular weight excluding hydrogens is 386 g/mol. The second-order valence-corrected chi connectivity index (χ2v) is 9.62. The topological polar surface area (TPSA) is 28.2 Å². The number of thioether (sulfide) groups is 1. The van der Waals surface area contributed by atoms with Crippen LogP contribution in [-0.2, 0) is 18.6 Å². The van der Waals surface area contributed by atoms with Crippen molar-refractivity contribution >= 4 is 34.7 Å². The number of hydrogen-bond donors (Lipinski definition) is 1. The van der Waals surface area contributed by atoms with Crippen LogP contribution in [0.15, 0.2) is 30.5 Å². The van der Waals surface area contributed by atoms with Gasteiger partial charge in [0, 0.05) is 18.1 Å². The number of halogens is 1. The van der Waals surface area contributed by atoms with Crippen LogP contribution in [0.1, 0.15) is 48.9 Å². The summed E-state index contributed by atoms with van der Waals surface area (Å²) in [4.78, 5) is 6.96. The van der Waals surface area contributed by atoms with Gasteiger partial charge in [-0.1, -0.05) is 36.9 Å². The van der Waals surface area contributed by atoms with Gasteiger partial charge in [0.2, 0.25) is 0 Å².